The number of carbonyl (C=O) groups is 1. The van der Waals surface area contributed by atoms with E-state index in [0.717, 1.165) is 10.9 Å². The summed E-state index contributed by atoms with van der Waals surface area (Å²) in [6.07, 6.45) is 1.63. The topological polar surface area (TPSA) is 71.5 Å². The molecule has 5 nitrogen and oxygen atoms in total. The number of fused-ring (bicyclic) bond motifs is 1. The molecule has 4 aromatic rings. The number of benzene rings is 3. The van der Waals surface area contributed by atoms with Crippen LogP contribution < -0.4 is 10.1 Å². The predicted molar refractivity (Wildman–Crippen MR) is 112 cm³/mol. The van der Waals surface area contributed by atoms with E-state index >= 15 is 0 Å². The van der Waals surface area contributed by atoms with Crippen LogP contribution in [-0.2, 0) is 0 Å². The number of carbonyl (C=O) groups excluding carboxylic acids is 1. The van der Waals surface area contributed by atoms with Gasteiger partial charge in [-0.1, -0.05) is 54.6 Å². The molecule has 1 atom stereocenters. The number of nitrogens with zero attached hydrogens (tertiary/aromatic N) is 1. The largest absolute Gasteiger partial charge is 0.505 e. The summed E-state index contributed by atoms with van der Waals surface area (Å²) in [5, 5.41) is 14.8. The average Bonchev–Trinajstić information content (AvgIpc) is 2.79. The van der Waals surface area contributed by atoms with Crippen molar-refractivity contribution in [1.29, 1.82) is 0 Å². The molecule has 0 saturated heterocycles. The molecule has 0 fully saturated rings. The van der Waals surface area contributed by atoms with Crippen molar-refractivity contribution in [3.05, 3.63) is 102 Å². The number of hydrogen-bond acceptors (Lipinski definition) is 4. The first kappa shape index (κ1) is 18.5. The smallest absolute Gasteiger partial charge is 0.252 e. The van der Waals surface area contributed by atoms with Gasteiger partial charge in [-0.05, 0) is 24.3 Å². The summed E-state index contributed by atoms with van der Waals surface area (Å²) in [5.74, 6) is 0.403. The van der Waals surface area contributed by atoms with E-state index in [1.54, 1.807) is 25.4 Å². The molecular formula is C24H20N2O3. The Hall–Kier alpha value is -3.86. The van der Waals surface area contributed by atoms with Gasteiger partial charge in [0.25, 0.3) is 5.91 Å². The lowest BCUT2D eigenvalue weighted by atomic mass is 9.95. The summed E-state index contributed by atoms with van der Waals surface area (Å²) in [4.78, 5) is 17.2. The van der Waals surface area contributed by atoms with Gasteiger partial charge in [-0.3, -0.25) is 9.78 Å². The van der Waals surface area contributed by atoms with Crippen LogP contribution in [0.3, 0.4) is 0 Å². The number of hydrogen-bond donors (Lipinski definition) is 2. The van der Waals surface area contributed by atoms with E-state index in [9.17, 15) is 9.90 Å². The van der Waals surface area contributed by atoms with Gasteiger partial charge in [0.15, 0.2) is 0 Å². The van der Waals surface area contributed by atoms with Gasteiger partial charge in [-0.2, -0.15) is 0 Å². The van der Waals surface area contributed by atoms with Crippen LogP contribution in [0.15, 0.2) is 85.1 Å². The molecule has 3 aromatic carbocycles. The van der Waals surface area contributed by atoms with Crippen LogP contribution in [0.1, 0.15) is 27.5 Å². The Labute approximate surface area is 168 Å². The third kappa shape index (κ3) is 3.62. The van der Waals surface area contributed by atoms with Crippen molar-refractivity contribution in [2.45, 2.75) is 6.04 Å². The van der Waals surface area contributed by atoms with E-state index in [2.05, 4.69) is 10.3 Å². The lowest BCUT2D eigenvalue weighted by Crippen LogP contribution is -2.29. The summed E-state index contributed by atoms with van der Waals surface area (Å²) >= 11 is 0. The van der Waals surface area contributed by atoms with Gasteiger partial charge in [-0.25, -0.2) is 0 Å². The first-order valence-corrected chi connectivity index (χ1v) is 9.24. The van der Waals surface area contributed by atoms with E-state index in [4.69, 9.17) is 4.74 Å². The number of ether oxygens (including phenoxy) is 1. The van der Waals surface area contributed by atoms with Crippen molar-refractivity contribution in [2.24, 2.45) is 0 Å². The number of aromatic nitrogens is 1. The maximum absolute atomic E-state index is 12.9. The van der Waals surface area contributed by atoms with Gasteiger partial charge < -0.3 is 15.2 Å². The highest BCUT2D eigenvalue weighted by atomic mass is 16.5. The zero-order valence-corrected chi connectivity index (χ0v) is 15.9. The molecule has 1 unspecified atom stereocenters. The van der Waals surface area contributed by atoms with Gasteiger partial charge in [0.1, 0.15) is 17.0 Å². The van der Waals surface area contributed by atoms with Crippen molar-refractivity contribution in [1.82, 2.24) is 10.3 Å². The second-order valence-electron chi connectivity index (χ2n) is 6.59. The molecule has 1 heterocycles. The van der Waals surface area contributed by atoms with Crippen molar-refractivity contribution in [2.75, 3.05) is 7.11 Å². The van der Waals surface area contributed by atoms with E-state index in [1.807, 2.05) is 66.7 Å². The highest BCUT2D eigenvalue weighted by Crippen LogP contribution is 2.37. The molecule has 0 aliphatic heterocycles. The standard InChI is InChI=1S/C24H20N2O3/c1-29-20-12-6-5-11-18(20)22(26-24(28)17-8-3-2-4-9-17)19-14-13-16-10-7-15-25-21(16)23(19)27/h2-15,22,27H,1H3,(H,26,28). The lowest BCUT2D eigenvalue weighted by molar-refractivity contribution is 0.0942. The zero-order valence-electron chi connectivity index (χ0n) is 15.9. The second kappa shape index (κ2) is 8.02. The SMILES string of the molecule is COc1ccccc1C(NC(=O)c1ccccc1)c1ccc2cccnc2c1O. The minimum Gasteiger partial charge on any atom is -0.505 e. The molecule has 0 bridgehead atoms. The summed E-state index contributed by atoms with van der Waals surface area (Å²) in [6, 6.07) is 23.2. The third-order valence-corrected chi connectivity index (χ3v) is 4.85. The Kier molecular flexibility index (Phi) is 5.12. The van der Waals surface area contributed by atoms with Gasteiger partial charge in [0.05, 0.1) is 13.2 Å². The van der Waals surface area contributed by atoms with Gasteiger partial charge in [0.2, 0.25) is 0 Å². The molecule has 0 aliphatic rings. The Bertz CT molecular complexity index is 1160. The molecule has 144 valence electrons. The average molecular weight is 384 g/mol. The summed E-state index contributed by atoms with van der Waals surface area (Å²) in [7, 11) is 1.58. The predicted octanol–water partition coefficient (Wildman–Crippen LogP) is 4.47. The minimum atomic E-state index is -0.620. The van der Waals surface area contributed by atoms with Gasteiger partial charge in [0, 0.05) is 28.3 Å². The monoisotopic (exact) mass is 384 g/mol. The van der Waals surface area contributed by atoms with Gasteiger partial charge >= 0.3 is 0 Å². The van der Waals surface area contributed by atoms with Crippen molar-refractivity contribution >= 4 is 16.8 Å². The third-order valence-electron chi connectivity index (χ3n) is 4.85. The Morgan fingerprint density at radius 3 is 2.48 bits per heavy atom. The molecule has 1 aromatic heterocycles. The van der Waals surface area contributed by atoms with E-state index in [-0.39, 0.29) is 11.7 Å². The second-order valence-corrected chi connectivity index (χ2v) is 6.59. The molecule has 0 spiro atoms. The fourth-order valence-corrected chi connectivity index (χ4v) is 3.41. The number of nitrogens with one attached hydrogen (secondary N) is 1. The van der Waals surface area contributed by atoms with E-state index < -0.39 is 6.04 Å². The molecule has 1 amide bonds. The van der Waals surface area contributed by atoms with Crippen LogP contribution in [0.5, 0.6) is 11.5 Å². The number of amides is 1. The minimum absolute atomic E-state index is 0.0346. The normalized spacial score (nSPS) is 11.8. The summed E-state index contributed by atoms with van der Waals surface area (Å²) in [5.41, 5.74) is 2.31. The summed E-state index contributed by atoms with van der Waals surface area (Å²) in [6.45, 7) is 0. The molecule has 5 heteroatoms. The van der Waals surface area contributed by atoms with Crippen LogP contribution >= 0.6 is 0 Å². The van der Waals surface area contributed by atoms with Crippen LogP contribution in [0.4, 0.5) is 0 Å². The van der Waals surface area contributed by atoms with Gasteiger partial charge in [-0.15, -0.1) is 0 Å². The Morgan fingerprint density at radius 2 is 1.69 bits per heavy atom. The summed E-state index contributed by atoms with van der Waals surface area (Å²) < 4.78 is 5.51. The lowest BCUT2D eigenvalue weighted by Gasteiger charge is -2.23. The number of rotatable bonds is 5. The molecular weight excluding hydrogens is 364 g/mol. The Morgan fingerprint density at radius 1 is 0.931 bits per heavy atom. The molecule has 29 heavy (non-hydrogen) atoms. The van der Waals surface area contributed by atoms with Crippen molar-refractivity contribution < 1.29 is 14.6 Å². The maximum atomic E-state index is 12.9. The molecule has 0 aliphatic carbocycles. The zero-order chi connectivity index (χ0) is 20.2. The fraction of sp³-hybridized carbons (Fsp3) is 0.0833. The highest BCUT2D eigenvalue weighted by molar-refractivity contribution is 5.95. The number of methoxy groups -OCH3 is 1. The number of aromatic hydroxyl groups is 1. The highest BCUT2D eigenvalue weighted by Gasteiger charge is 2.24. The first-order chi connectivity index (χ1) is 14.2. The fourth-order valence-electron chi connectivity index (χ4n) is 3.41. The quantitative estimate of drug-likeness (QED) is 0.533. The maximum Gasteiger partial charge on any atom is 0.252 e. The molecule has 4 rings (SSSR count). The van der Waals surface area contributed by atoms with E-state index in [1.165, 1.54) is 0 Å². The van der Waals surface area contributed by atoms with Crippen molar-refractivity contribution in [3.63, 3.8) is 0 Å². The Balaban J connectivity index is 1.85. The number of phenolic OH excluding ortho intramolecular Hbond substituents is 1. The van der Waals surface area contributed by atoms with Crippen LogP contribution in [0.2, 0.25) is 0 Å². The van der Waals surface area contributed by atoms with E-state index in [0.29, 0.717) is 22.4 Å². The van der Waals surface area contributed by atoms with Crippen LogP contribution in [-0.4, -0.2) is 23.1 Å². The number of pyridine rings is 1. The molecule has 0 saturated carbocycles. The van der Waals surface area contributed by atoms with Crippen LogP contribution in [0, 0.1) is 0 Å². The molecule has 2 N–H and O–H groups in total. The number of para-hydroxylation sites is 1. The van der Waals surface area contributed by atoms with Crippen LogP contribution in [0.25, 0.3) is 10.9 Å². The molecule has 0 radical (unpaired) electrons. The number of phenols is 1. The van der Waals surface area contributed by atoms with Crippen molar-refractivity contribution in [3.8, 4) is 11.5 Å². The first-order valence-electron chi connectivity index (χ1n) is 9.24.